The smallest absolute Gasteiger partial charge is 0.430 e. The number of carbonyl (C=O) groups excluding carboxylic acids is 1. The minimum Gasteiger partial charge on any atom is -0.430 e. The summed E-state index contributed by atoms with van der Waals surface area (Å²) in [7, 11) is 0.570. The largest absolute Gasteiger partial charge is 0.438 e. The molecule has 2 unspecified atom stereocenters. The second-order valence-corrected chi connectivity index (χ2v) is 5.49. The van der Waals surface area contributed by atoms with Crippen LogP contribution in [-0.4, -0.2) is 60.4 Å². The standard InChI is InChI=1S/C13H13F11O4/c1-5(2)7(26)28-8(27-3)6(25)4-9(14,15)11(17,18)10(16,12(19,20)21)13(22,23)24/h6,8,25H,1,4H2,2-3H3. The van der Waals surface area contributed by atoms with Crippen molar-refractivity contribution >= 4 is 5.97 Å². The molecule has 0 spiro atoms. The Morgan fingerprint density at radius 1 is 0.964 bits per heavy atom. The SMILES string of the molecule is C=C(C)C(=O)OC(OC)C(O)CC(F)(F)C(F)(F)C(F)(C(F)(F)F)C(F)(F)F. The lowest BCUT2D eigenvalue weighted by molar-refractivity contribution is -0.428. The molecule has 0 aromatic carbocycles. The lowest BCUT2D eigenvalue weighted by Gasteiger charge is -2.40. The summed E-state index contributed by atoms with van der Waals surface area (Å²) in [6, 6.07) is 0. The lowest BCUT2D eigenvalue weighted by Crippen LogP contribution is -2.70. The van der Waals surface area contributed by atoms with Gasteiger partial charge in [-0.2, -0.15) is 43.9 Å². The quantitative estimate of drug-likeness (QED) is 0.268. The fourth-order valence-electron chi connectivity index (χ4n) is 1.75. The average molecular weight is 442 g/mol. The Balaban J connectivity index is 5.94. The number of alkyl halides is 11. The maximum atomic E-state index is 13.6. The molecule has 28 heavy (non-hydrogen) atoms. The van der Waals surface area contributed by atoms with Gasteiger partial charge in [0.25, 0.3) is 0 Å². The molecule has 0 radical (unpaired) electrons. The molecule has 0 saturated carbocycles. The van der Waals surface area contributed by atoms with Crippen LogP contribution in [0.2, 0.25) is 0 Å². The van der Waals surface area contributed by atoms with Crippen LogP contribution in [0.5, 0.6) is 0 Å². The average Bonchev–Trinajstić information content (AvgIpc) is 2.47. The predicted molar refractivity (Wildman–Crippen MR) is 68.2 cm³/mol. The Morgan fingerprint density at radius 3 is 1.64 bits per heavy atom. The molecule has 0 aliphatic heterocycles. The number of rotatable bonds is 8. The van der Waals surface area contributed by atoms with Crippen molar-refractivity contribution in [3.8, 4) is 0 Å². The van der Waals surface area contributed by atoms with Crippen molar-refractivity contribution in [3.63, 3.8) is 0 Å². The third-order valence-electron chi connectivity index (χ3n) is 3.26. The van der Waals surface area contributed by atoms with E-state index in [0.29, 0.717) is 7.11 Å². The van der Waals surface area contributed by atoms with Gasteiger partial charge >= 0.3 is 35.8 Å². The van der Waals surface area contributed by atoms with Crippen LogP contribution in [0.4, 0.5) is 48.3 Å². The van der Waals surface area contributed by atoms with Crippen molar-refractivity contribution in [2.24, 2.45) is 0 Å². The van der Waals surface area contributed by atoms with Gasteiger partial charge in [-0.25, -0.2) is 9.18 Å². The number of aliphatic hydroxyl groups excluding tert-OH is 1. The molecule has 0 aromatic rings. The van der Waals surface area contributed by atoms with Crippen LogP contribution in [0.25, 0.3) is 0 Å². The summed E-state index contributed by atoms with van der Waals surface area (Å²) in [5.41, 5.74) is -8.06. The van der Waals surface area contributed by atoms with Gasteiger partial charge in [-0.05, 0) is 6.92 Å². The summed E-state index contributed by atoms with van der Waals surface area (Å²) >= 11 is 0. The molecule has 166 valence electrons. The number of esters is 1. The van der Waals surface area contributed by atoms with E-state index in [1.165, 1.54) is 0 Å². The number of hydrogen-bond donors (Lipinski definition) is 1. The van der Waals surface area contributed by atoms with Gasteiger partial charge in [0, 0.05) is 19.1 Å². The molecule has 15 heteroatoms. The zero-order chi connectivity index (χ0) is 22.9. The van der Waals surface area contributed by atoms with Crippen molar-refractivity contribution in [2.75, 3.05) is 7.11 Å². The number of halogens is 11. The minimum absolute atomic E-state index is 0.414. The molecular weight excluding hydrogens is 429 g/mol. The van der Waals surface area contributed by atoms with Crippen LogP contribution in [-0.2, 0) is 14.3 Å². The predicted octanol–water partition coefficient (Wildman–Crippen LogP) is 3.93. The summed E-state index contributed by atoms with van der Waals surface area (Å²) < 4.78 is 150. The highest BCUT2D eigenvalue weighted by Crippen LogP contribution is 2.59. The summed E-state index contributed by atoms with van der Waals surface area (Å²) in [5, 5.41) is 9.38. The topological polar surface area (TPSA) is 55.8 Å². The Bertz CT molecular complexity index is 568. The number of ether oxygens (including phenoxy) is 2. The normalized spacial score (nSPS) is 16.5. The van der Waals surface area contributed by atoms with E-state index in [-0.39, 0.29) is 0 Å². The molecule has 0 aromatic heterocycles. The maximum Gasteiger partial charge on any atom is 0.438 e. The minimum atomic E-state index is -7.65. The molecule has 0 amide bonds. The molecule has 0 rings (SSSR count). The van der Waals surface area contributed by atoms with Gasteiger partial charge in [-0.3, -0.25) is 0 Å². The van der Waals surface area contributed by atoms with Crippen LogP contribution >= 0.6 is 0 Å². The molecule has 0 aliphatic carbocycles. The number of carbonyl (C=O) groups is 1. The first kappa shape index (κ1) is 26.4. The van der Waals surface area contributed by atoms with Crippen LogP contribution in [0.15, 0.2) is 12.2 Å². The Morgan fingerprint density at radius 2 is 1.36 bits per heavy atom. The molecule has 4 nitrogen and oxygen atoms in total. The van der Waals surface area contributed by atoms with Crippen molar-refractivity contribution in [1.29, 1.82) is 0 Å². The van der Waals surface area contributed by atoms with E-state index in [9.17, 15) is 58.2 Å². The molecule has 2 atom stereocenters. The fraction of sp³-hybridized carbons (Fsp3) is 0.769. The molecule has 0 bridgehead atoms. The zero-order valence-corrected chi connectivity index (χ0v) is 13.9. The van der Waals surface area contributed by atoms with E-state index >= 15 is 0 Å². The molecule has 0 saturated heterocycles. The third-order valence-corrected chi connectivity index (χ3v) is 3.26. The van der Waals surface area contributed by atoms with Gasteiger partial charge in [-0.1, -0.05) is 6.58 Å². The highest BCUT2D eigenvalue weighted by Gasteiger charge is 2.89. The van der Waals surface area contributed by atoms with Crippen LogP contribution < -0.4 is 0 Å². The molecule has 1 N–H and O–H groups in total. The van der Waals surface area contributed by atoms with Crippen molar-refractivity contribution in [3.05, 3.63) is 12.2 Å². The second kappa shape index (κ2) is 8.00. The highest BCUT2D eigenvalue weighted by molar-refractivity contribution is 5.87. The number of aliphatic hydroxyl groups is 1. The van der Waals surface area contributed by atoms with E-state index in [0.717, 1.165) is 6.92 Å². The van der Waals surface area contributed by atoms with E-state index < -0.39 is 60.2 Å². The van der Waals surface area contributed by atoms with Gasteiger partial charge in [-0.15, -0.1) is 0 Å². The maximum absolute atomic E-state index is 13.6. The van der Waals surface area contributed by atoms with Crippen LogP contribution in [0, 0.1) is 0 Å². The van der Waals surface area contributed by atoms with Crippen LogP contribution in [0.1, 0.15) is 13.3 Å². The van der Waals surface area contributed by atoms with Gasteiger partial charge in [0.2, 0.25) is 6.29 Å². The summed E-state index contributed by atoms with van der Waals surface area (Å²) in [6.07, 6.45) is -23.5. The van der Waals surface area contributed by atoms with Crippen LogP contribution in [0.3, 0.4) is 0 Å². The first-order chi connectivity index (χ1) is 12.2. The number of methoxy groups -OCH3 is 1. The van der Waals surface area contributed by atoms with Crippen molar-refractivity contribution < 1.29 is 67.7 Å². The lowest BCUT2D eigenvalue weighted by atomic mass is 9.88. The molecular formula is C13H13F11O4. The molecule has 0 fully saturated rings. The molecule has 0 aliphatic rings. The molecule has 0 heterocycles. The zero-order valence-electron chi connectivity index (χ0n) is 13.9. The summed E-state index contributed by atoms with van der Waals surface area (Å²) in [6.45, 7) is 4.03. The summed E-state index contributed by atoms with van der Waals surface area (Å²) in [4.78, 5) is 11.2. The van der Waals surface area contributed by atoms with Crippen molar-refractivity contribution in [2.45, 2.75) is 55.6 Å². The Kier molecular flexibility index (Phi) is 7.54. The van der Waals surface area contributed by atoms with E-state index in [1.807, 2.05) is 0 Å². The first-order valence-electron chi connectivity index (χ1n) is 6.82. The highest BCUT2D eigenvalue weighted by atomic mass is 19.4. The van der Waals surface area contributed by atoms with E-state index in [4.69, 9.17) is 0 Å². The Labute approximate surface area is 149 Å². The fourth-order valence-corrected chi connectivity index (χ4v) is 1.75. The first-order valence-corrected chi connectivity index (χ1v) is 6.82. The number of hydrogen-bond acceptors (Lipinski definition) is 4. The van der Waals surface area contributed by atoms with Gasteiger partial charge in [0.05, 0.1) is 0 Å². The van der Waals surface area contributed by atoms with Gasteiger partial charge in [0.15, 0.2) is 0 Å². The van der Waals surface area contributed by atoms with Gasteiger partial charge < -0.3 is 14.6 Å². The monoisotopic (exact) mass is 442 g/mol. The van der Waals surface area contributed by atoms with E-state index in [1.54, 1.807) is 0 Å². The third kappa shape index (κ3) is 4.67. The second-order valence-electron chi connectivity index (χ2n) is 5.49. The Hall–Kier alpha value is -1.64. The summed E-state index contributed by atoms with van der Waals surface area (Å²) in [5.74, 6) is -15.3. The van der Waals surface area contributed by atoms with Crippen molar-refractivity contribution in [1.82, 2.24) is 0 Å². The van der Waals surface area contributed by atoms with Gasteiger partial charge in [0.1, 0.15) is 6.10 Å². The van der Waals surface area contributed by atoms with E-state index in [2.05, 4.69) is 16.1 Å².